The summed E-state index contributed by atoms with van der Waals surface area (Å²) in [5.41, 5.74) is 0.991. The number of rotatable bonds is 7. The van der Waals surface area contributed by atoms with Gasteiger partial charge in [0.25, 0.3) is 0 Å². The Labute approximate surface area is 88.4 Å². The number of hydrogen-bond acceptors (Lipinski definition) is 4. The third-order valence-electron chi connectivity index (χ3n) is 2.23. The van der Waals surface area contributed by atoms with Gasteiger partial charge in [0, 0.05) is 4.92 Å². The van der Waals surface area contributed by atoms with E-state index in [4.69, 9.17) is 0 Å². The molecule has 0 spiro atoms. The predicted molar refractivity (Wildman–Crippen MR) is 55.1 cm³/mol. The summed E-state index contributed by atoms with van der Waals surface area (Å²) in [7, 11) is 0. The molecule has 0 aliphatic carbocycles. The number of unbranched alkanes of at least 4 members (excludes halogenated alkanes) is 2. The van der Waals surface area contributed by atoms with Gasteiger partial charge in [-0.1, -0.05) is 25.0 Å². The quantitative estimate of drug-likeness (QED) is 0.388. The fraction of sp³-hybridized carbons (Fsp3) is 0.778. The summed E-state index contributed by atoms with van der Waals surface area (Å²) in [4.78, 5) is 9.87. The van der Waals surface area contributed by atoms with Gasteiger partial charge in [-0.15, -0.1) is 5.10 Å². The fourth-order valence-electron chi connectivity index (χ4n) is 1.39. The maximum absolute atomic E-state index is 10.2. The van der Waals surface area contributed by atoms with E-state index in [-0.39, 0.29) is 11.5 Å². The van der Waals surface area contributed by atoms with Gasteiger partial charge < -0.3 is 0 Å². The molecular weight excluding hydrogens is 196 g/mol. The summed E-state index contributed by atoms with van der Waals surface area (Å²) in [6.45, 7) is 2.36. The van der Waals surface area contributed by atoms with Gasteiger partial charge in [0.15, 0.2) is 0 Å². The predicted octanol–water partition coefficient (Wildman–Crippen LogP) is 1.29. The van der Waals surface area contributed by atoms with E-state index in [0.717, 1.165) is 25.0 Å². The van der Waals surface area contributed by atoms with E-state index in [0.29, 0.717) is 6.54 Å². The second kappa shape index (κ2) is 6.10. The van der Waals surface area contributed by atoms with Crippen molar-refractivity contribution in [3.05, 3.63) is 22.0 Å². The van der Waals surface area contributed by atoms with Crippen molar-refractivity contribution in [3.63, 3.8) is 0 Å². The third kappa shape index (κ3) is 4.05. The molecule has 1 aromatic rings. The number of aryl methyl sites for hydroxylation is 1. The Balaban J connectivity index is 2.42. The van der Waals surface area contributed by atoms with Crippen LogP contribution in [-0.2, 0) is 13.0 Å². The van der Waals surface area contributed by atoms with Crippen molar-refractivity contribution >= 4 is 0 Å². The largest absolute Gasteiger partial charge is 0.264 e. The van der Waals surface area contributed by atoms with E-state index in [1.165, 1.54) is 6.42 Å². The van der Waals surface area contributed by atoms with E-state index in [1.807, 2.05) is 0 Å². The van der Waals surface area contributed by atoms with Crippen LogP contribution in [0.1, 0.15) is 31.9 Å². The van der Waals surface area contributed by atoms with E-state index in [1.54, 1.807) is 10.9 Å². The first kappa shape index (κ1) is 11.6. The Bertz CT molecular complexity index is 311. The standard InChI is InChI=1S/C9H16N4O2/c1-2-3-4-5-9-8-10-11-12(9)6-7-13(14)15/h8H,2-7H2,1H3. The molecule has 0 radical (unpaired) electrons. The molecule has 1 rings (SSSR count). The summed E-state index contributed by atoms with van der Waals surface area (Å²) in [6, 6.07) is 0. The number of nitro groups is 1. The van der Waals surface area contributed by atoms with Crippen LogP contribution in [0.5, 0.6) is 0 Å². The van der Waals surface area contributed by atoms with Crippen molar-refractivity contribution in [2.24, 2.45) is 0 Å². The molecule has 0 unspecified atom stereocenters. The average Bonchev–Trinajstić information content (AvgIpc) is 2.63. The molecule has 0 fully saturated rings. The summed E-state index contributed by atoms with van der Waals surface area (Å²) < 4.78 is 1.62. The minimum atomic E-state index is -0.336. The Morgan fingerprint density at radius 3 is 3.00 bits per heavy atom. The van der Waals surface area contributed by atoms with Gasteiger partial charge in [0.2, 0.25) is 6.54 Å². The monoisotopic (exact) mass is 212 g/mol. The maximum Gasteiger partial charge on any atom is 0.223 e. The average molecular weight is 212 g/mol. The molecule has 0 atom stereocenters. The molecule has 0 N–H and O–H groups in total. The van der Waals surface area contributed by atoms with Crippen LogP contribution in [0.15, 0.2) is 6.20 Å². The Morgan fingerprint density at radius 2 is 2.33 bits per heavy atom. The van der Waals surface area contributed by atoms with Crippen LogP contribution in [0.25, 0.3) is 0 Å². The van der Waals surface area contributed by atoms with Gasteiger partial charge in [0.1, 0.15) is 6.54 Å². The lowest BCUT2D eigenvalue weighted by Crippen LogP contribution is -2.13. The lowest BCUT2D eigenvalue weighted by molar-refractivity contribution is -0.481. The van der Waals surface area contributed by atoms with Gasteiger partial charge in [0.05, 0.1) is 11.9 Å². The van der Waals surface area contributed by atoms with Crippen molar-refractivity contribution in [3.8, 4) is 0 Å². The molecule has 0 aliphatic heterocycles. The van der Waals surface area contributed by atoms with Crippen LogP contribution in [0.3, 0.4) is 0 Å². The molecule has 0 amide bonds. The molecule has 0 saturated heterocycles. The summed E-state index contributed by atoms with van der Waals surface area (Å²) >= 11 is 0. The molecule has 84 valence electrons. The van der Waals surface area contributed by atoms with Crippen LogP contribution < -0.4 is 0 Å². The molecule has 0 bridgehead atoms. The van der Waals surface area contributed by atoms with Crippen LogP contribution in [0.4, 0.5) is 0 Å². The van der Waals surface area contributed by atoms with E-state index in [2.05, 4.69) is 17.2 Å². The van der Waals surface area contributed by atoms with Crippen LogP contribution in [-0.4, -0.2) is 26.5 Å². The van der Waals surface area contributed by atoms with Gasteiger partial charge in [-0.25, -0.2) is 4.68 Å². The zero-order valence-electron chi connectivity index (χ0n) is 8.93. The van der Waals surface area contributed by atoms with Gasteiger partial charge >= 0.3 is 0 Å². The third-order valence-corrected chi connectivity index (χ3v) is 2.23. The first-order valence-electron chi connectivity index (χ1n) is 5.23. The van der Waals surface area contributed by atoms with E-state index < -0.39 is 0 Å². The lowest BCUT2D eigenvalue weighted by Gasteiger charge is -2.02. The number of hydrogen-bond donors (Lipinski definition) is 0. The molecule has 6 heteroatoms. The van der Waals surface area contributed by atoms with Gasteiger partial charge in [-0.2, -0.15) is 0 Å². The van der Waals surface area contributed by atoms with Crippen molar-refractivity contribution in [2.75, 3.05) is 6.54 Å². The SMILES string of the molecule is CCCCCc1cnnn1CC[N+](=O)[O-]. The van der Waals surface area contributed by atoms with E-state index >= 15 is 0 Å². The van der Waals surface area contributed by atoms with Gasteiger partial charge in [-0.05, 0) is 12.8 Å². The smallest absolute Gasteiger partial charge is 0.223 e. The second-order valence-electron chi connectivity index (χ2n) is 3.46. The molecule has 0 saturated carbocycles. The Morgan fingerprint density at radius 1 is 1.53 bits per heavy atom. The highest BCUT2D eigenvalue weighted by Crippen LogP contribution is 2.04. The topological polar surface area (TPSA) is 73.8 Å². The van der Waals surface area contributed by atoms with Crippen LogP contribution in [0.2, 0.25) is 0 Å². The summed E-state index contributed by atoms with van der Waals surface area (Å²) in [6.07, 6.45) is 6.01. The van der Waals surface area contributed by atoms with E-state index in [9.17, 15) is 10.1 Å². The molecule has 0 aliphatic rings. The first-order chi connectivity index (χ1) is 7.24. The summed E-state index contributed by atoms with van der Waals surface area (Å²) in [5, 5.41) is 17.8. The van der Waals surface area contributed by atoms with Crippen molar-refractivity contribution < 1.29 is 4.92 Å². The number of aromatic nitrogens is 3. The molecule has 1 aromatic heterocycles. The molecule has 6 nitrogen and oxygen atoms in total. The zero-order valence-corrected chi connectivity index (χ0v) is 8.93. The minimum Gasteiger partial charge on any atom is -0.264 e. The first-order valence-corrected chi connectivity index (χ1v) is 5.23. The highest BCUT2D eigenvalue weighted by Gasteiger charge is 2.06. The van der Waals surface area contributed by atoms with Crippen molar-refractivity contribution in [1.29, 1.82) is 0 Å². The van der Waals surface area contributed by atoms with Crippen molar-refractivity contribution in [1.82, 2.24) is 15.0 Å². The fourth-order valence-corrected chi connectivity index (χ4v) is 1.39. The minimum absolute atomic E-state index is 0.0931. The molecular formula is C9H16N4O2. The number of nitrogens with zero attached hydrogens (tertiary/aromatic N) is 4. The lowest BCUT2D eigenvalue weighted by atomic mass is 10.2. The van der Waals surface area contributed by atoms with Crippen LogP contribution >= 0.6 is 0 Å². The highest BCUT2D eigenvalue weighted by molar-refractivity contribution is 4.93. The summed E-state index contributed by atoms with van der Waals surface area (Å²) in [5.74, 6) is 0. The Kier molecular flexibility index (Phi) is 4.73. The van der Waals surface area contributed by atoms with Gasteiger partial charge in [-0.3, -0.25) is 10.1 Å². The van der Waals surface area contributed by atoms with Crippen molar-refractivity contribution in [2.45, 2.75) is 39.2 Å². The normalized spacial score (nSPS) is 10.5. The highest BCUT2D eigenvalue weighted by atomic mass is 16.6. The maximum atomic E-state index is 10.2. The zero-order chi connectivity index (χ0) is 11.1. The second-order valence-corrected chi connectivity index (χ2v) is 3.46. The molecule has 0 aromatic carbocycles. The Hall–Kier alpha value is -1.46. The van der Waals surface area contributed by atoms with Crippen LogP contribution in [0, 0.1) is 10.1 Å². The molecule has 1 heterocycles. The molecule has 15 heavy (non-hydrogen) atoms.